The standard InChI is InChI=1S/C17H13BrN2O5/c1-9(21)19-13-4-2-10(18)6-12(13)16(22)17(23)20-11-3-5-14-15(7-11)25-8-24-14/h2-7H,8H2,1H3,(H,19,21)(H,20,23). The van der Waals surface area contributed by atoms with Gasteiger partial charge in [-0.05, 0) is 30.3 Å². The summed E-state index contributed by atoms with van der Waals surface area (Å²) in [6.45, 7) is 1.44. The van der Waals surface area contributed by atoms with Crippen molar-refractivity contribution in [1.82, 2.24) is 0 Å². The van der Waals surface area contributed by atoms with Crippen LogP contribution in [-0.2, 0) is 9.59 Å². The molecule has 128 valence electrons. The Morgan fingerprint density at radius 2 is 1.76 bits per heavy atom. The van der Waals surface area contributed by atoms with Crippen molar-refractivity contribution in [3.05, 3.63) is 46.4 Å². The molecule has 25 heavy (non-hydrogen) atoms. The van der Waals surface area contributed by atoms with Gasteiger partial charge in [-0.15, -0.1) is 0 Å². The summed E-state index contributed by atoms with van der Waals surface area (Å²) in [6, 6.07) is 9.51. The van der Waals surface area contributed by atoms with E-state index in [2.05, 4.69) is 26.6 Å². The average Bonchev–Trinajstić information content (AvgIpc) is 3.03. The summed E-state index contributed by atoms with van der Waals surface area (Å²) in [5, 5.41) is 5.05. The summed E-state index contributed by atoms with van der Waals surface area (Å²) < 4.78 is 11.0. The van der Waals surface area contributed by atoms with Gasteiger partial charge in [-0.2, -0.15) is 0 Å². The van der Waals surface area contributed by atoms with Crippen LogP contribution in [0.3, 0.4) is 0 Å². The number of amides is 2. The summed E-state index contributed by atoms with van der Waals surface area (Å²) in [4.78, 5) is 36.1. The van der Waals surface area contributed by atoms with E-state index in [1.165, 1.54) is 13.0 Å². The van der Waals surface area contributed by atoms with E-state index >= 15 is 0 Å². The van der Waals surface area contributed by atoms with Crippen LogP contribution in [0.4, 0.5) is 11.4 Å². The van der Waals surface area contributed by atoms with Crippen LogP contribution in [0.2, 0.25) is 0 Å². The second kappa shape index (κ2) is 6.94. The number of anilines is 2. The number of Topliss-reactive ketones (excluding diaryl/α,β-unsaturated/α-hetero) is 1. The maximum atomic E-state index is 12.5. The number of hydrogen-bond donors (Lipinski definition) is 2. The molecule has 0 fully saturated rings. The molecule has 1 aliphatic rings. The molecule has 0 bridgehead atoms. The Balaban J connectivity index is 1.82. The van der Waals surface area contributed by atoms with E-state index in [1.807, 2.05) is 0 Å². The van der Waals surface area contributed by atoms with E-state index < -0.39 is 11.7 Å². The van der Waals surface area contributed by atoms with Crippen molar-refractivity contribution in [2.45, 2.75) is 6.92 Å². The smallest absolute Gasteiger partial charge is 0.296 e. The predicted octanol–water partition coefficient (Wildman–Crippen LogP) is 2.96. The minimum Gasteiger partial charge on any atom is -0.454 e. The molecule has 0 spiro atoms. The lowest BCUT2D eigenvalue weighted by molar-refractivity contribution is -0.114. The molecular formula is C17H13BrN2O5. The fraction of sp³-hybridized carbons (Fsp3) is 0.118. The van der Waals surface area contributed by atoms with Gasteiger partial charge in [0.15, 0.2) is 11.5 Å². The monoisotopic (exact) mass is 404 g/mol. The van der Waals surface area contributed by atoms with Gasteiger partial charge in [0.05, 0.1) is 11.3 Å². The molecule has 2 aromatic carbocycles. The first-order valence-corrected chi connectivity index (χ1v) is 8.06. The minimum absolute atomic E-state index is 0.0859. The first-order chi connectivity index (χ1) is 11.9. The Kier molecular flexibility index (Phi) is 4.71. The molecule has 2 aromatic rings. The minimum atomic E-state index is -0.830. The van der Waals surface area contributed by atoms with Gasteiger partial charge in [-0.1, -0.05) is 15.9 Å². The van der Waals surface area contributed by atoms with Crippen molar-refractivity contribution >= 4 is 44.9 Å². The molecule has 1 heterocycles. The summed E-state index contributed by atoms with van der Waals surface area (Å²) in [6.07, 6.45) is 0. The van der Waals surface area contributed by atoms with Crippen LogP contribution in [0, 0.1) is 0 Å². The fourth-order valence-electron chi connectivity index (χ4n) is 2.29. The van der Waals surface area contributed by atoms with Gasteiger partial charge in [0, 0.05) is 23.2 Å². The number of fused-ring (bicyclic) bond motifs is 1. The molecule has 0 unspecified atom stereocenters. The maximum absolute atomic E-state index is 12.5. The van der Waals surface area contributed by atoms with Crippen molar-refractivity contribution in [1.29, 1.82) is 0 Å². The Bertz CT molecular complexity index is 881. The van der Waals surface area contributed by atoms with Crippen LogP contribution in [0.1, 0.15) is 17.3 Å². The zero-order valence-electron chi connectivity index (χ0n) is 13.1. The maximum Gasteiger partial charge on any atom is 0.296 e. The molecule has 0 aromatic heterocycles. The molecular weight excluding hydrogens is 392 g/mol. The summed E-state index contributed by atoms with van der Waals surface area (Å²) in [7, 11) is 0. The highest BCUT2D eigenvalue weighted by Crippen LogP contribution is 2.34. The van der Waals surface area contributed by atoms with Crippen molar-refractivity contribution in [2.75, 3.05) is 17.4 Å². The number of carbonyl (C=O) groups excluding carboxylic acids is 3. The first kappa shape index (κ1) is 17.0. The molecule has 0 saturated heterocycles. The zero-order valence-corrected chi connectivity index (χ0v) is 14.7. The average molecular weight is 405 g/mol. The lowest BCUT2D eigenvalue weighted by Crippen LogP contribution is -2.24. The number of ether oxygens (including phenoxy) is 2. The number of rotatable bonds is 4. The second-order valence-corrected chi connectivity index (χ2v) is 6.14. The SMILES string of the molecule is CC(=O)Nc1ccc(Br)cc1C(=O)C(=O)Nc1ccc2c(c1)OCO2. The molecule has 2 N–H and O–H groups in total. The van der Waals surface area contributed by atoms with Crippen LogP contribution in [0.15, 0.2) is 40.9 Å². The van der Waals surface area contributed by atoms with Crippen LogP contribution in [-0.4, -0.2) is 24.4 Å². The highest BCUT2D eigenvalue weighted by Gasteiger charge is 2.22. The van der Waals surface area contributed by atoms with E-state index in [1.54, 1.807) is 30.3 Å². The fourth-order valence-corrected chi connectivity index (χ4v) is 2.65. The van der Waals surface area contributed by atoms with Crippen LogP contribution in [0.25, 0.3) is 0 Å². The third-order valence-corrected chi connectivity index (χ3v) is 3.87. The summed E-state index contributed by atoms with van der Waals surface area (Å²) >= 11 is 3.25. The number of ketones is 1. The lowest BCUT2D eigenvalue weighted by atomic mass is 10.1. The first-order valence-electron chi connectivity index (χ1n) is 7.26. The lowest BCUT2D eigenvalue weighted by Gasteiger charge is -2.10. The van der Waals surface area contributed by atoms with Crippen molar-refractivity contribution in [3.8, 4) is 11.5 Å². The third kappa shape index (κ3) is 3.80. The van der Waals surface area contributed by atoms with Gasteiger partial charge in [0.2, 0.25) is 12.7 Å². The van der Waals surface area contributed by atoms with Gasteiger partial charge >= 0.3 is 0 Å². The quantitative estimate of drug-likeness (QED) is 0.603. The molecule has 3 rings (SSSR count). The summed E-state index contributed by atoms with van der Waals surface area (Å²) in [5.74, 6) is -0.880. The molecule has 0 atom stereocenters. The molecule has 0 aliphatic carbocycles. The van der Waals surface area contributed by atoms with Crippen LogP contribution >= 0.6 is 15.9 Å². The number of halogens is 1. The highest BCUT2D eigenvalue weighted by atomic mass is 79.9. The molecule has 7 nitrogen and oxygen atoms in total. The van der Waals surface area contributed by atoms with E-state index in [0.29, 0.717) is 21.7 Å². The van der Waals surface area contributed by atoms with Crippen molar-refractivity contribution in [3.63, 3.8) is 0 Å². The van der Waals surface area contributed by atoms with Crippen LogP contribution in [0.5, 0.6) is 11.5 Å². The Morgan fingerprint density at radius 3 is 2.52 bits per heavy atom. The summed E-state index contributed by atoms with van der Waals surface area (Å²) in [5.41, 5.74) is 0.753. The second-order valence-electron chi connectivity index (χ2n) is 5.22. The molecule has 0 saturated carbocycles. The molecule has 0 radical (unpaired) electrons. The van der Waals surface area contributed by atoms with E-state index in [9.17, 15) is 14.4 Å². The Morgan fingerprint density at radius 1 is 1.00 bits per heavy atom. The largest absolute Gasteiger partial charge is 0.454 e. The van der Waals surface area contributed by atoms with Gasteiger partial charge in [-0.25, -0.2) is 0 Å². The Labute approximate surface area is 151 Å². The number of nitrogens with one attached hydrogen (secondary N) is 2. The number of carbonyl (C=O) groups is 3. The van der Waals surface area contributed by atoms with Crippen molar-refractivity contribution in [2.24, 2.45) is 0 Å². The van der Waals surface area contributed by atoms with E-state index in [-0.39, 0.29) is 24.0 Å². The predicted molar refractivity (Wildman–Crippen MR) is 94.0 cm³/mol. The number of benzene rings is 2. The molecule has 8 heteroatoms. The molecule has 2 amide bonds. The van der Waals surface area contributed by atoms with Gasteiger partial charge in [0.1, 0.15) is 0 Å². The highest BCUT2D eigenvalue weighted by molar-refractivity contribution is 9.10. The van der Waals surface area contributed by atoms with Crippen molar-refractivity contribution < 1.29 is 23.9 Å². The van der Waals surface area contributed by atoms with E-state index in [4.69, 9.17) is 9.47 Å². The van der Waals surface area contributed by atoms with Crippen LogP contribution < -0.4 is 20.1 Å². The van der Waals surface area contributed by atoms with Gasteiger partial charge in [0.25, 0.3) is 11.7 Å². The van der Waals surface area contributed by atoms with Gasteiger partial charge in [-0.3, -0.25) is 14.4 Å². The number of hydrogen-bond acceptors (Lipinski definition) is 5. The van der Waals surface area contributed by atoms with E-state index in [0.717, 1.165) is 0 Å². The third-order valence-electron chi connectivity index (χ3n) is 3.37. The Hall–Kier alpha value is -2.87. The topological polar surface area (TPSA) is 93.7 Å². The van der Waals surface area contributed by atoms with Gasteiger partial charge < -0.3 is 20.1 Å². The normalized spacial score (nSPS) is 11.8. The zero-order chi connectivity index (χ0) is 18.0. The molecule has 1 aliphatic heterocycles.